The summed E-state index contributed by atoms with van der Waals surface area (Å²) >= 11 is 0. The van der Waals surface area contributed by atoms with Crippen LogP contribution in [-0.2, 0) is 0 Å². The zero-order chi connectivity index (χ0) is 9.47. The third-order valence-electron chi connectivity index (χ3n) is 4.13. The van der Waals surface area contributed by atoms with E-state index in [2.05, 4.69) is 13.8 Å². The quantitative estimate of drug-likeness (QED) is 0.696. The highest BCUT2D eigenvalue weighted by Gasteiger charge is 2.44. The summed E-state index contributed by atoms with van der Waals surface area (Å²) in [5.41, 5.74) is 6.31. The Hall–Kier alpha value is -0.0400. The summed E-state index contributed by atoms with van der Waals surface area (Å²) < 4.78 is 0. The molecule has 2 rings (SSSR count). The number of nitrogens with two attached hydrogens (primary N) is 1. The van der Waals surface area contributed by atoms with Gasteiger partial charge in [0.2, 0.25) is 0 Å². The van der Waals surface area contributed by atoms with Gasteiger partial charge in [-0.3, -0.25) is 0 Å². The molecule has 3 atom stereocenters. The summed E-state index contributed by atoms with van der Waals surface area (Å²) in [6.45, 7) is 5.79. The van der Waals surface area contributed by atoms with E-state index in [1.54, 1.807) is 0 Å². The summed E-state index contributed by atoms with van der Waals surface area (Å²) in [5.74, 6) is 2.90. The van der Waals surface area contributed by atoms with E-state index >= 15 is 0 Å². The highest BCUT2D eigenvalue weighted by Crippen LogP contribution is 2.52. The largest absolute Gasteiger partial charge is 0.330 e. The third-order valence-corrected chi connectivity index (χ3v) is 4.13. The highest BCUT2D eigenvalue weighted by atomic mass is 14.6. The van der Waals surface area contributed by atoms with Crippen molar-refractivity contribution < 1.29 is 0 Å². The summed E-state index contributed by atoms with van der Waals surface area (Å²) in [7, 11) is 0. The van der Waals surface area contributed by atoms with Crippen molar-refractivity contribution in [1.29, 1.82) is 0 Å². The zero-order valence-electron chi connectivity index (χ0n) is 9.05. The van der Waals surface area contributed by atoms with Gasteiger partial charge in [0.25, 0.3) is 0 Å². The molecular weight excluding hydrogens is 158 g/mol. The molecule has 1 nitrogen and oxygen atoms in total. The SMILES string of the molecule is CC1(C)CCCC([C@@H]2C[C@H]2CN)C1. The third kappa shape index (κ3) is 2.07. The van der Waals surface area contributed by atoms with Crippen molar-refractivity contribution in [3.05, 3.63) is 0 Å². The summed E-state index contributed by atoms with van der Waals surface area (Å²) in [6.07, 6.45) is 7.24. The number of rotatable bonds is 2. The minimum absolute atomic E-state index is 0.616. The molecule has 2 aliphatic rings. The Morgan fingerprint density at radius 1 is 1.38 bits per heavy atom. The molecular formula is C12H23N. The Balaban J connectivity index is 1.87. The Morgan fingerprint density at radius 2 is 2.15 bits per heavy atom. The van der Waals surface area contributed by atoms with Crippen LogP contribution in [0.25, 0.3) is 0 Å². The predicted molar refractivity (Wildman–Crippen MR) is 56.4 cm³/mol. The van der Waals surface area contributed by atoms with E-state index in [0.717, 1.165) is 24.3 Å². The maximum Gasteiger partial charge on any atom is -0.00460 e. The first kappa shape index (κ1) is 9.51. The van der Waals surface area contributed by atoms with Crippen LogP contribution in [0.2, 0.25) is 0 Å². The molecule has 1 unspecified atom stereocenters. The maximum absolute atomic E-state index is 5.70. The van der Waals surface area contributed by atoms with E-state index in [1.165, 1.54) is 32.1 Å². The van der Waals surface area contributed by atoms with Gasteiger partial charge in [-0.15, -0.1) is 0 Å². The fourth-order valence-electron chi connectivity index (χ4n) is 3.24. The average Bonchev–Trinajstić information content (AvgIpc) is 2.80. The summed E-state index contributed by atoms with van der Waals surface area (Å²) in [5, 5.41) is 0. The molecule has 0 spiro atoms. The monoisotopic (exact) mass is 181 g/mol. The van der Waals surface area contributed by atoms with Gasteiger partial charge in [-0.05, 0) is 49.0 Å². The number of hydrogen-bond acceptors (Lipinski definition) is 1. The van der Waals surface area contributed by atoms with Crippen LogP contribution in [0.15, 0.2) is 0 Å². The van der Waals surface area contributed by atoms with Crippen LogP contribution in [0.5, 0.6) is 0 Å². The Bertz CT molecular complexity index is 186. The van der Waals surface area contributed by atoms with Gasteiger partial charge >= 0.3 is 0 Å². The Kier molecular flexibility index (Phi) is 2.39. The lowest BCUT2D eigenvalue weighted by atomic mass is 9.70. The normalized spacial score (nSPS) is 43.2. The van der Waals surface area contributed by atoms with Crippen LogP contribution in [0.4, 0.5) is 0 Å². The lowest BCUT2D eigenvalue weighted by Gasteiger charge is -2.35. The van der Waals surface area contributed by atoms with Crippen molar-refractivity contribution in [2.45, 2.75) is 46.0 Å². The molecule has 2 N–H and O–H groups in total. The van der Waals surface area contributed by atoms with Gasteiger partial charge in [0.05, 0.1) is 0 Å². The van der Waals surface area contributed by atoms with Gasteiger partial charge in [-0.1, -0.05) is 26.7 Å². The molecule has 2 saturated carbocycles. The summed E-state index contributed by atoms with van der Waals surface area (Å²) in [6, 6.07) is 0. The van der Waals surface area contributed by atoms with Gasteiger partial charge in [0.15, 0.2) is 0 Å². The second-order valence-corrected chi connectivity index (χ2v) is 5.92. The zero-order valence-corrected chi connectivity index (χ0v) is 9.05. The van der Waals surface area contributed by atoms with Crippen LogP contribution >= 0.6 is 0 Å². The second kappa shape index (κ2) is 3.27. The second-order valence-electron chi connectivity index (χ2n) is 5.92. The molecule has 2 fully saturated rings. The van der Waals surface area contributed by atoms with Crippen molar-refractivity contribution in [2.24, 2.45) is 28.9 Å². The highest BCUT2D eigenvalue weighted by molar-refractivity contribution is 4.95. The minimum atomic E-state index is 0.616. The van der Waals surface area contributed by atoms with E-state index in [1.807, 2.05) is 0 Å². The average molecular weight is 181 g/mol. The van der Waals surface area contributed by atoms with Crippen LogP contribution in [0.3, 0.4) is 0 Å². The van der Waals surface area contributed by atoms with Crippen LogP contribution in [0.1, 0.15) is 46.0 Å². The van der Waals surface area contributed by atoms with Gasteiger partial charge in [0, 0.05) is 0 Å². The van der Waals surface area contributed by atoms with Gasteiger partial charge in [-0.25, -0.2) is 0 Å². The molecule has 0 aromatic heterocycles. The molecule has 0 aromatic rings. The topological polar surface area (TPSA) is 26.0 Å². The van der Waals surface area contributed by atoms with Crippen molar-refractivity contribution in [1.82, 2.24) is 0 Å². The van der Waals surface area contributed by atoms with Crippen molar-refractivity contribution in [2.75, 3.05) is 6.54 Å². The standard InChI is InChI=1S/C12H23N/c1-12(2)5-3-4-9(7-12)11-6-10(11)8-13/h9-11H,3-8,13H2,1-2H3/t9?,10-,11-/m0/s1. The van der Waals surface area contributed by atoms with Crippen molar-refractivity contribution in [3.8, 4) is 0 Å². The van der Waals surface area contributed by atoms with Crippen LogP contribution in [-0.4, -0.2) is 6.54 Å². The molecule has 0 saturated heterocycles. The molecule has 0 radical (unpaired) electrons. The molecule has 0 heterocycles. The van der Waals surface area contributed by atoms with Crippen molar-refractivity contribution >= 4 is 0 Å². The number of hydrogen-bond donors (Lipinski definition) is 1. The van der Waals surface area contributed by atoms with E-state index < -0.39 is 0 Å². The fraction of sp³-hybridized carbons (Fsp3) is 1.00. The van der Waals surface area contributed by atoms with Gasteiger partial charge in [0.1, 0.15) is 0 Å². The smallest absolute Gasteiger partial charge is 0.00460 e. The van der Waals surface area contributed by atoms with Crippen molar-refractivity contribution in [3.63, 3.8) is 0 Å². The lowest BCUT2D eigenvalue weighted by molar-refractivity contribution is 0.161. The Morgan fingerprint density at radius 3 is 2.69 bits per heavy atom. The molecule has 0 aliphatic heterocycles. The lowest BCUT2D eigenvalue weighted by Crippen LogP contribution is -2.24. The van der Waals surface area contributed by atoms with E-state index in [-0.39, 0.29) is 0 Å². The van der Waals surface area contributed by atoms with Crippen LogP contribution in [0, 0.1) is 23.2 Å². The summed E-state index contributed by atoms with van der Waals surface area (Å²) in [4.78, 5) is 0. The molecule has 0 aromatic carbocycles. The fourth-order valence-corrected chi connectivity index (χ4v) is 3.24. The van der Waals surface area contributed by atoms with Gasteiger partial charge < -0.3 is 5.73 Å². The Labute approximate surface area is 82.1 Å². The molecule has 76 valence electrons. The first-order valence-electron chi connectivity index (χ1n) is 5.82. The van der Waals surface area contributed by atoms with E-state index in [0.29, 0.717) is 5.41 Å². The van der Waals surface area contributed by atoms with E-state index in [4.69, 9.17) is 5.73 Å². The first-order chi connectivity index (χ1) is 6.12. The molecule has 1 heteroatoms. The van der Waals surface area contributed by atoms with Crippen LogP contribution < -0.4 is 5.73 Å². The van der Waals surface area contributed by atoms with E-state index in [9.17, 15) is 0 Å². The maximum atomic E-state index is 5.70. The molecule has 0 amide bonds. The molecule has 0 bridgehead atoms. The molecule has 2 aliphatic carbocycles. The predicted octanol–water partition coefficient (Wildman–Crippen LogP) is 2.80. The minimum Gasteiger partial charge on any atom is -0.330 e. The first-order valence-corrected chi connectivity index (χ1v) is 5.82. The van der Waals surface area contributed by atoms with Gasteiger partial charge in [-0.2, -0.15) is 0 Å². The molecule has 13 heavy (non-hydrogen) atoms.